The Balaban J connectivity index is 1.13. The van der Waals surface area contributed by atoms with E-state index in [4.69, 9.17) is 0 Å². The molecule has 0 radical (unpaired) electrons. The van der Waals surface area contributed by atoms with Crippen LogP contribution in [0.25, 0.3) is 23.2 Å². The molecule has 0 spiro atoms. The minimum absolute atomic E-state index is 0.102. The molecule has 1 fully saturated rings. The molecule has 0 bridgehead atoms. The van der Waals surface area contributed by atoms with Crippen molar-refractivity contribution in [3.63, 3.8) is 0 Å². The molecular formula is C33H31F3N6O3S. The van der Waals surface area contributed by atoms with Crippen LogP contribution in [0.3, 0.4) is 0 Å². The maximum absolute atomic E-state index is 12.7. The molecule has 238 valence electrons. The molecular weight excluding hydrogens is 617 g/mol. The number of nitrogens with zero attached hydrogens (tertiary/aromatic N) is 5. The van der Waals surface area contributed by atoms with Crippen molar-refractivity contribution in [3.8, 4) is 22.8 Å². The fourth-order valence-electron chi connectivity index (χ4n) is 4.69. The lowest BCUT2D eigenvalue weighted by Gasteiger charge is -2.22. The SMILES string of the molecule is Cc1ccc(C(C)C)c(N2C(=O)CSC2=NC(=O)NCCC=Cc2ccc(-c3ncn(-c4ccc(OC(F)(F)F)cc4)n3)cc2)c1. The van der Waals surface area contributed by atoms with Gasteiger partial charge in [-0.3, -0.25) is 9.69 Å². The lowest BCUT2D eigenvalue weighted by molar-refractivity contribution is -0.274. The van der Waals surface area contributed by atoms with Gasteiger partial charge in [0.05, 0.1) is 17.1 Å². The van der Waals surface area contributed by atoms with Gasteiger partial charge >= 0.3 is 12.4 Å². The Kier molecular flexibility index (Phi) is 9.90. The smallest absolute Gasteiger partial charge is 0.406 e. The Labute approximate surface area is 268 Å². The van der Waals surface area contributed by atoms with Gasteiger partial charge in [-0.05, 0) is 66.3 Å². The molecule has 0 atom stereocenters. The van der Waals surface area contributed by atoms with Gasteiger partial charge in [0, 0.05) is 12.1 Å². The number of carbonyl (C=O) groups excluding carboxylic acids is 2. The maximum atomic E-state index is 12.7. The van der Waals surface area contributed by atoms with Crippen LogP contribution in [0, 0.1) is 6.92 Å². The van der Waals surface area contributed by atoms with E-state index in [1.165, 1.54) is 47.0 Å². The second kappa shape index (κ2) is 14.0. The highest BCUT2D eigenvalue weighted by molar-refractivity contribution is 8.15. The lowest BCUT2D eigenvalue weighted by atomic mass is 9.99. The molecule has 3 amide bonds. The number of rotatable bonds is 9. The van der Waals surface area contributed by atoms with Crippen LogP contribution in [0.2, 0.25) is 0 Å². The van der Waals surface area contributed by atoms with Crippen LogP contribution < -0.4 is 15.0 Å². The first-order valence-electron chi connectivity index (χ1n) is 14.4. The van der Waals surface area contributed by atoms with Crippen molar-refractivity contribution in [2.24, 2.45) is 4.99 Å². The van der Waals surface area contributed by atoms with Crippen molar-refractivity contribution in [2.45, 2.75) is 39.5 Å². The predicted octanol–water partition coefficient (Wildman–Crippen LogP) is 7.51. The van der Waals surface area contributed by atoms with Crippen molar-refractivity contribution in [1.82, 2.24) is 20.1 Å². The summed E-state index contributed by atoms with van der Waals surface area (Å²) < 4.78 is 42.6. The van der Waals surface area contributed by atoms with Gasteiger partial charge < -0.3 is 10.1 Å². The summed E-state index contributed by atoms with van der Waals surface area (Å²) in [5.74, 6) is 0.471. The van der Waals surface area contributed by atoms with E-state index in [1.54, 1.807) is 4.90 Å². The first-order valence-corrected chi connectivity index (χ1v) is 15.4. The average Bonchev–Trinajstić information content (AvgIpc) is 3.64. The molecule has 4 aromatic rings. The minimum Gasteiger partial charge on any atom is -0.406 e. The van der Waals surface area contributed by atoms with E-state index in [9.17, 15) is 22.8 Å². The molecule has 0 saturated carbocycles. The number of urea groups is 1. The van der Waals surface area contributed by atoms with Crippen LogP contribution in [0.15, 0.2) is 84.1 Å². The van der Waals surface area contributed by atoms with Gasteiger partial charge in [-0.1, -0.05) is 74.2 Å². The van der Waals surface area contributed by atoms with Crippen molar-refractivity contribution in [1.29, 1.82) is 0 Å². The normalized spacial score (nSPS) is 14.5. The van der Waals surface area contributed by atoms with E-state index in [1.807, 2.05) is 61.5 Å². The van der Waals surface area contributed by atoms with Gasteiger partial charge in [0.25, 0.3) is 0 Å². The van der Waals surface area contributed by atoms with E-state index in [0.29, 0.717) is 29.6 Å². The largest absolute Gasteiger partial charge is 0.573 e. The molecule has 1 N–H and O–H groups in total. The van der Waals surface area contributed by atoms with Gasteiger partial charge in [-0.2, -0.15) is 4.99 Å². The first kappa shape index (κ1) is 32.5. The van der Waals surface area contributed by atoms with Crippen LogP contribution in [0.1, 0.15) is 42.9 Å². The van der Waals surface area contributed by atoms with Crippen LogP contribution in [0.4, 0.5) is 23.7 Å². The highest BCUT2D eigenvalue weighted by Gasteiger charge is 2.33. The zero-order valence-corrected chi connectivity index (χ0v) is 26.1. The highest BCUT2D eigenvalue weighted by atomic mass is 32.2. The van der Waals surface area contributed by atoms with E-state index >= 15 is 0 Å². The average molecular weight is 649 g/mol. The summed E-state index contributed by atoms with van der Waals surface area (Å²) in [4.78, 5) is 35.4. The predicted molar refractivity (Wildman–Crippen MR) is 173 cm³/mol. The zero-order chi connectivity index (χ0) is 32.8. The number of nitrogens with one attached hydrogen (secondary N) is 1. The van der Waals surface area contributed by atoms with Gasteiger partial charge in [0.2, 0.25) is 5.91 Å². The number of hydrogen-bond acceptors (Lipinski definition) is 6. The van der Waals surface area contributed by atoms with Gasteiger partial charge in [-0.25, -0.2) is 14.5 Å². The summed E-state index contributed by atoms with van der Waals surface area (Å²) in [6.07, 6.45) is 1.16. The van der Waals surface area contributed by atoms with Crippen molar-refractivity contribution < 1.29 is 27.5 Å². The quantitative estimate of drug-likeness (QED) is 0.189. The number of thioether (sulfide) groups is 1. The fraction of sp³-hybridized carbons (Fsp3) is 0.242. The fourth-order valence-corrected chi connectivity index (χ4v) is 5.55. The minimum atomic E-state index is -4.75. The molecule has 1 aromatic heterocycles. The topological polar surface area (TPSA) is 102 Å². The number of amidine groups is 1. The molecule has 1 aliphatic heterocycles. The van der Waals surface area contributed by atoms with E-state index in [0.717, 1.165) is 27.9 Å². The van der Waals surface area contributed by atoms with Crippen molar-refractivity contribution in [3.05, 3.63) is 95.8 Å². The molecule has 0 aliphatic carbocycles. The Morgan fingerprint density at radius 2 is 1.85 bits per heavy atom. The number of aromatic nitrogens is 3. The maximum Gasteiger partial charge on any atom is 0.573 e. The number of aryl methyl sites for hydroxylation is 1. The molecule has 2 heterocycles. The Morgan fingerprint density at radius 1 is 1.11 bits per heavy atom. The zero-order valence-electron chi connectivity index (χ0n) is 25.3. The number of benzene rings is 3. The van der Waals surface area contributed by atoms with Crippen LogP contribution >= 0.6 is 11.8 Å². The van der Waals surface area contributed by atoms with Crippen LogP contribution in [-0.4, -0.2) is 50.5 Å². The number of halogens is 3. The standard InChI is InChI=1S/C33H31F3N6O3S/c1-21(2)27-16-7-22(3)18-28(27)42-29(43)19-46-32(42)39-31(44)37-17-5-4-6-23-8-10-24(11-9-23)30-38-20-41(40-30)25-12-14-26(15-13-25)45-33(34,35)36/h4,6-16,18,20-21H,5,17,19H2,1-3H3,(H,37,44). The van der Waals surface area contributed by atoms with Gasteiger partial charge in [0.1, 0.15) is 12.1 Å². The third-order valence-corrected chi connectivity index (χ3v) is 7.83. The second-order valence-corrected chi connectivity index (χ2v) is 11.7. The third-order valence-electron chi connectivity index (χ3n) is 6.90. The van der Waals surface area contributed by atoms with Crippen LogP contribution in [0.5, 0.6) is 5.75 Å². The molecule has 46 heavy (non-hydrogen) atoms. The number of anilines is 1. The monoisotopic (exact) mass is 648 g/mol. The number of aliphatic imine (C=N–C) groups is 1. The van der Waals surface area contributed by atoms with E-state index in [2.05, 4.69) is 39.0 Å². The number of ether oxygens (including phenoxy) is 1. The number of hydrogen-bond donors (Lipinski definition) is 1. The highest BCUT2D eigenvalue weighted by Crippen LogP contribution is 2.34. The molecule has 9 nitrogen and oxygen atoms in total. The summed E-state index contributed by atoms with van der Waals surface area (Å²) in [6, 6.07) is 18.4. The number of amides is 3. The summed E-state index contributed by atoms with van der Waals surface area (Å²) in [6.45, 7) is 6.46. The molecule has 0 unspecified atom stereocenters. The lowest BCUT2D eigenvalue weighted by Crippen LogP contribution is -2.32. The molecule has 3 aromatic carbocycles. The third kappa shape index (κ3) is 8.21. The Bertz CT molecular complexity index is 1770. The second-order valence-electron chi connectivity index (χ2n) is 10.7. The molecule has 1 aliphatic rings. The summed E-state index contributed by atoms with van der Waals surface area (Å²) in [5.41, 5.74) is 5.04. The summed E-state index contributed by atoms with van der Waals surface area (Å²) in [5, 5.41) is 7.58. The van der Waals surface area contributed by atoms with Gasteiger partial charge in [-0.15, -0.1) is 18.3 Å². The van der Waals surface area contributed by atoms with Crippen molar-refractivity contribution >= 4 is 40.6 Å². The van der Waals surface area contributed by atoms with Crippen LogP contribution in [-0.2, 0) is 4.79 Å². The van der Waals surface area contributed by atoms with Crippen molar-refractivity contribution in [2.75, 3.05) is 17.2 Å². The Hall–Kier alpha value is -4.91. The molecule has 1 saturated heterocycles. The number of carbonyl (C=O) groups is 2. The van der Waals surface area contributed by atoms with Gasteiger partial charge in [0.15, 0.2) is 11.0 Å². The Morgan fingerprint density at radius 3 is 2.54 bits per heavy atom. The first-order chi connectivity index (χ1) is 22.0. The van der Waals surface area contributed by atoms with E-state index < -0.39 is 12.4 Å². The molecule has 13 heteroatoms. The molecule has 5 rings (SSSR count). The summed E-state index contributed by atoms with van der Waals surface area (Å²) >= 11 is 1.25. The number of alkyl halides is 3. The summed E-state index contributed by atoms with van der Waals surface area (Å²) in [7, 11) is 0. The van der Waals surface area contributed by atoms with E-state index in [-0.39, 0.29) is 23.3 Å².